The predicted octanol–water partition coefficient (Wildman–Crippen LogP) is 5.64. The largest absolute Gasteiger partial charge is 0.343 e. The second-order valence-corrected chi connectivity index (χ2v) is 7.43. The lowest BCUT2D eigenvalue weighted by atomic mass is 10.0. The highest BCUT2D eigenvalue weighted by Gasteiger charge is 2.10. The number of benzene rings is 2. The van der Waals surface area contributed by atoms with Crippen molar-refractivity contribution in [2.24, 2.45) is 0 Å². The van der Waals surface area contributed by atoms with E-state index in [1.807, 2.05) is 0 Å². The average molecular weight is 332 g/mol. The molecule has 0 aliphatic carbocycles. The predicted molar refractivity (Wildman–Crippen MR) is 109 cm³/mol. The van der Waals surface area contributed by atoms with Crippen LogP contribution < -0.4 is 0 Å². The van der Waals surface area contributed by atoms with Crippen LogP contribution >= 0.6 is 0 Å². The SMILES string of the molecule is CC(C)=CCn1cc(CN(C)C)c2cc(-c3cccc(C)c3)ccc21. The van der Waals surface area contributed by atoms with E-state index >= 15 is 0 Å². The first-order valence-electron chi connectivity index (χ1n) is 8.91. The minimum atomic E-state index is 0.927. The summed E-state index contributed by atoms with van der Waals surface area (Å²) in [7, 11) is 4.26. The molecule has 0 N–H and O–H groups in total. The van der Waals surface area contributed by atoms with Gasteiger partial charge in [0.2, 0.25) is 0 Å². The van der Waals surface area contributed by atoms with E-state index in [0.717, 1.165) is 13.1 Å². The minimum absolute atomic E-state index is 0.927. The molecule has 1 heterocycles. The van der Waals surface area contributed by atoms with Crippen LogP contribution in [0.3, 0.4) is 0 Å². The second-order valence-electron chi connectivity index (χ2n) is 7.43. The smallest absolute Gasteiger partial charge is 0.0487 e. The monoisotopic (exact) mass is 332 g/mol. The lowest BCUT2D eigenvalue weighted by molar-refractivity contribution is 0.403. The maximum absolute atomic E-state index is 2.36. The summed E-state index contributed by atoms with van der Waals surface area (Å²) in [4.78, 5) is 2.24. The number of hydrogen-bond acceptors (Lipinski definition) is 1. The zero-order chi connectivity index (χ0) is 18.0. The van der Waals surface area contributed by atoms with Crippen molar-refractivity contribution in [3.63, 3.8) is 0 Å². The molecule has 3 aromatic rings. The average Bonchev–Trinajstić information content (AvgIpc) is 2.89. The zero-order valence-corrected chi connectivity index (χ0v) is 16.0. The first-order chi connectivity index (χ1) is 11.9. The van der Waals surface area contributed by atoms with Crippen molar-refractivity contribution in [2.45, 2.75) is 33.9 Å². The first kappa shape index (κ1) is 17.5. The zero-order valence-electron chi connectivity index (χ0n) is 16.0. The van der Waals surface area contributed by atoms with E-state index in [1.54, 1.807) is 0 Å². The van der Waals surface area contributed by atoms with Crippen LogP contribution in [-0.2, 0) is 13.1 Å². The highest BCUT2D eigenvalue weighted by molar-refractivity contribution is 5.88. The van der Waals surface area contributed by atoms with Crippen molar-refractivity contribution in [1.82, 2.24) is 9.47 Å². The Morgan fingerprint density at radius 1 is 1.04 bits per heavy atom. The van der Waals surface area contributed by atoms with Crippen LogP contribution in [0.25, 0.3) is 22.0 Å². The summed E-state index contributed by atoms with van der Waals surface area (Å²) in [6.45, 7) is 8.34. The van der Waals surface area contributed by atoms with Crippen LogP contribution in [0.4, 0.5) is 0 Å². The molecular weight excluding hydrogens is 304 g/mol. The molecule has 0 spiro atoms. The molecule has 0 unspecified atom stereocenters. The Morgan fingerprint density at radius 2 is 1.80 bits per heavy atom. The molecule has 0 atom stereocenters. The third kappa shape index (κ3) is 4.02. The van der Waals surface area contributed by atoms with E-state index in [-0.39, 0.29) is 0 Å². The van der Waals surface area contributed by atoms with Crippen molar-refractivity contribution in [1.29, 1.82) is 0 Å². The number of rotatable bonds is 5. The molecule has 2 heteroatoms. The van der Waals surface area contributed by atoms with Crippen LogP contribution in [-0.4, -0.2) is 23.6 Å². The van der Waals surface area contributed by atoms with E-state index in [2.05, 4.69) is 99.1 Å². The quantitative estimate of drug-likeness (QED) is 0.549. The lowest BCUT2D eigenvalue weighted by Crippen LogP contribution is -2.10. The van der Waals surface area contributed by atoms with Gasteiger partial charge in [-0.3, -0.25) is 0 Å². The van der Waals surface area contributed by atoms with Gasteiger partial charge in [-0.15, -0.1) is 0 Å². The minimum Gasteiger partial charge on any atom is -0.343 e. The van der Waals surface area contributed by atoms with Gasteiger partial charge in [-0.25, -0.2) is 0 Å². The molecule has 2 nitrogen and oxygen atoms in total. The van der Waals surface area contributed by atoms with Gasteiger partial charge in [0.15, 0.2) is 0 Å². The highest BCUT2D eigenvalue weighted by atomic mass is 15.1. The summed E-state index contributed by atoms with van der Waals surface area (Å²) < 4.78 is 2.36. The molecule has 0 aliphatic rings. The number of hydrogen-bond donors (Lipinski definition) is 0. The molecular formula is C23H28N2. The second kappa shape index (κ2) is 7.28. The molecule has 0 saturated carbocycles. The molecule has 25 heavy (non-hydrogen) atoms. The van der Waals surface area contributed by atoms with E-state index in [1.165, 1.54) is 38.7 Å². The van der Waals surface area contributed by atoms with Crippen molar-refractivity contribution in [3.8, 4) is 11.1 Å². The summed E-state index contributed by atoms with van der Waals surface area (Å²) in [5, 5.41) is 1.36. The normalized spacial score (nSPS) is 11.3. The molecule has 0 fully saturated rings. The van der Waals surface area contributed by atoms with E-state index in [4.69, 9.17) is 0 Å². The van der Waals surface area contributed by atoms with Gasteiger partial charge in [-0.1, -0.05) is 47.5 Å². The van der Waals surface area contributed by atoms with Crippen LogP contribution in [0.2, 0.25) is 0 Å². The molecule has 0 amide bonds. The molecule has 3 rings (SSSR count). The fourth-order valence-corrected chi connectivity index (χ4v) is 3.27. The fraction of sp³-hybridized carbons (Fsp3) is 0.304. The molecule has 1 aromatic heterocycles. The van der Waals surface area contributed by atoms with Crippen molar-refractivity contribution in [2.75, 3.05) is 14.1 Å². The fourth-order valence-electron chi connectivity index (χ4n) is 3.27. The number of allylic oxidation sites excluding steroid dienone is 2. The van der Waals surface area contributed by atoms with Crippen LogP contribution in [0.15, 0.2) is 60.3 Å². The number of nitrogens with zero attached hydrogens (tertiary/aromatic N) is 2. The van der Waals surface area contributed by atoms with Gasteiger partial charge in [0.25, 0.3) is 0 Å². The Balaban J connectivity index is 2.11. The Kier molecular flexibility index (Phi) is 5.10. The lowest BCUT2D eigenvalue weighted by Gasteiger charge is -2.09. The Bertz CT molecular complexity index is 909. The van der Waals surface area contributed by atoms with Gasteiger partial charge in [-0.2, -0.15) is 0 Å². The molecule has 130 valence electrons. The van der Waals surface area contributed by atoms with Gasteiger partial charge in [0.05, 0.1) is 0 Å². The summed E-state index contributed by atoms with van der Waals surface area (Å²) in [6, 6.07) is 15.6. The number of aromatic nitrogens is 1. The Labute approximate surface area is 151 Å². The molecule has 0 radical (unpaired) electrons. The Hall–Kier alpha value is -2.32. The highest BCUT2D eigenvalue weighted by Crippen LogP contribution is 2.29. The van der Waals surface area contributed by atoms with E-state index in [9.17, 15) is 0 Å². The summed E-state index contributed by atoms with van der Waals surface area (Å²) in [6.07, 6.45) is 4.59. The molecule has 0 saturated heterocycles. The van der Waals surface area contributed by atoms with Crippen LogP contribution in [0.5, 0.6) is 0 Å². The Morgan fingerprint density at radius 3 is 2.48 bits per heavy atom. The molecule has 2 aromatic carbocycles. The number of fused-ring (bicyclic) bond motifs is 1. The van der Waals surface area contributed by atoms with Crippen LogP contribution in [0.1, 0.15) is 25.0 Å². The first-order valence-corrected chi connectivity index (χ1v) is 8.91. The maximum Gasteiger partial charge on any atom is 0.0487 e. The summed E-state index contributed by atoms with van der Waals surface area (Å²) in [5.41, 5.74) is 7.92. The third-order valence-electron chi connectivity index (χ3n) is 4.50. The van der Waals surface area contributed by atoms with Crippen molar-refractivity contribution < 1.29 is 0 Å². The summed E-state index contributed by atoms with van der Waals surface area (Å²) >= 11 is 0. The standard InChI is InChI=1S/C23H28N2/c1-17(2)11-12-25-16-21(15-24(4)5)22-14-20(9-10-23(22)25)19-8-6-7-18(3)13-19/h6-11,13-14,16H,12,15H2,1-5H3. The third-order valence-corrected chi connectivity index (χ3v) is 4.50. The topological polar surface area (TPSA) is 8.17 Å². The van der Waals surface area contributed by atoms with Gasteiger partial charge in [0.1, 0.15) is 0 Å². The molecule has 0 aliphatic heterocycles. The van der Waals surface area contributed by atoms with Crippen molar-refractivity contribution in [3.05, 3.63) is 71.4 Å². The van der Waals surface area contributed by atoms with Gasteiger partial charge in [-0.05, 0) is 63.7 Å². The number of aryl methyl sites for hydroxylation is 1. The summed E-state index contributed by atoms with van der Waals surface area (Å²) in [5.74, 6) is 0. The molecule has 0 bridgehead atoms. The maximum atomic E-state index is 2.36. The van der Waals surface area contributed by atoms with Gasteiger partial charge in [0, 0.05) is 30.2 Å². The van der Waals surface area contributed by atoms with E-state index in [0.29, 0.717) is 0 Å². The van der Waals surface area contributed by atoms with Crippen LogP contribution in [0, 0.1) is 6.92 Å². The van der Waals surface area contributed by atoms with Gasteiger partial charge >= 0.3 is 0 Å². The van der Waals surface area contributed by atoms with Gasteiger partial charge < -0.3 is 9.47 Å². The van der Waals surface area contributed by atoms with E-state index < -0.39 is 0 Å². The van der Waals surface area contributed by atoms with Crippen molar-refractivity contribution >= 4 is 10.9 Å².